The standard InChI is InChI=1S/C11H25N3O3S/c1-10(2,12)7-6-9(15)13-8-11(3,4)14-18(5,16)17/h14H,6-8,12H2,1-5H3,(H,13,15). The smallest absolute Gasteiger partial charge is 0.220 e. The molecule has 0 spiro atoms. The van der Waals surface area contributed by atoms with Gasteiger partial charge in [0.25, 0.3) is 0 Å². The van der Waals surface area contributed by atoms with Gasteiger partial charge in [-0.1, -0.05) is 0 Å². The fourth-order valence-corrected chi connectivity index (χ4v) is 2.46. The molecule has 4 N–H and O–H groups in total. The Hall–Kier alpha value is -0.660. The van der Waals surface area contributed by atoms with Crippen LogP contribution in [0.5, 0.6) is 0 Å². The maximum Gasteiger partial charge on any atom is 0.220 e. The molecular weight excluding hydrogens is 254 g/mol. The number of carbonyl (C=O) groups is 1. The summed E-state index contributed by atoms with van der Waals surface area (Å²) in [5.74, 6) is -0.128. The Morgan fingerprint density at radius 1 is 1.22 bits per heavy atom. The van der Waals surface area contributed by atoms with Gasteiger partial charge in [0.2, 0.25) is 15.9 Å². The summed E-state index contributed by atoms with van der Waals surface area (Å²) in [7, 11) is -3.29. The van der Waals surface area contributed by atoms with E-state index in [1.54, 1.807) is 13.8 Å². The Morgan fingerprint density at radius 2 is 1.72 bits per heavy atom. The van der Waals surface area contributed by atoms with E-state index in [9.17, 15) is 13.2 Å². The molecule has 0 rings (SSSR count). The maximum atomic E-state index is 11.6. The molecule has 18 heavy (non-hydrogen) atoms. The molecule has 0 bridgehead atoms. The SMILES string of the molecule is CC(C)(N)CCC(=O)NCC(C)(C)NS(C)(=O)=O. The van der Waals surface area contributed by atoms with E-state index in [2.05, 4.69) is 10.0 Å². The van der Waals surface area contributed by atoms with E-state index in [1.165, 1.54) is 0 Å². The van der Waals surface area contributed by atoms with Crippen LogP contribution in [0, 0.1) is 0 Å². The fourth-order valence-electron chi connectivity index (χ4n) is 1.38. The zero-order valence-electron chi connectivity index (χ0n) is 11.8. The number of hydrogen-bond acceptors (Lipinski definition) is 4. The van der Waals surface area contributed by atoms with Gasteiger partial charge in [0, 0.05) is 24.0 Å². The molecule has 0 unspecified atom stereocenters. The largest absolute Gasteiger partial charge is 0.354 e. The summed E-state index contributed by atoms with van der Waals surface area (Å²) in [5, 5.41) is 2.70. The van der Waals surface area contributed by atoms with E-state index in [0.717, 1.165) is 6.26 Å². The van der Waals surface area contributed by atoms with Gasteiger partial charge in [0.1, 0.15) is 0 Å². The van der Waals surface area contributed by atoms with Crippen LogP contribution in [0.15, 0.2) is 0 Å². The number of nitrogens with two attached hydrogens (primary N) is 1. The second-order valence-corrected chi connectivity index (χ2v) is 7.77. The van der Waals surface area contributed by atoms with E-state index in [1.807, 2.05) is 13.8 Å². The Kier molecular flexibility index (Phi) is 5.77. The zero-order valence-corrected chi connectivity index (χ0v) is 12.6. The van der Waals surface area contributed by atoms with Crippen LogP contribution in [0.3, 0.4) is 0 Å². The third-order valence-corrected chi connectivity index (χ3v) is 3.11. The van der Waals surface area contributed by atoms with Gasteiger partial charge >= 0.3 is 0 Å². The van der Waals surface area contributed by atoms with Gasteiger partial charge in [-0.3, -0.25) is 4.79 Å². The second kappa shape index (κ2) is 5.99. The Bertz CT molecular complexity index is 383. The van der Waals surface area contributed by atoms with Crippen molar-refractivity contribution in [1.82, 2.24) is 10.0 Å². The summed E-state index contributed by atoms with van der Waals surface area (Å²) in [4.78, 5) is 11.6. The summed E-state index contributed by atoms with van der Waals surface area (Å²) < 4.78 is 24.7. The van der Waals surface area contributed by atoms with E-state index in [4.69, 9.17) is 5.73 Å². The molecule has 108 valence electrons. The quantitative estimate of drug-likeness (QED) is 0.608. The first-order valence-electron chi connectivity index (χ1n) is 5.85. The molecule has 0 heterocycles. The van der Waals surface area contributed by atoms with Crippen molar-refractivity contribution in [1.29, 1.82) is 0 Å². The molecule has 0 aromatic rings. The summed E-state index contributed by atoms with van der Waals surface area (Å²) in [5.41, 5.74) is 4.69. The second-order valence-electron chi connectivity index (χ2n) is 6.02. The molecule has 0 aliphatic heterocycles. The number of nitrogens with one attached hydrogen (secondary N) is 2. The average molecular weight is 279 g/mol. The van der Waals surface area contributed by atoms with Crippen molar-refractivity contribution in [2.75, 3.05) is 12.8 Å². The highest BCUT2D eigenvalue weighted by molar-refractivity contribution is 7.88. The molecule has 7 heteroatoms. The van der Waals surface area contributed by atoms with Crippen molar-refractivity contribution in [2.45, 2.75) is 51.6 Å². The monoisotopic (exact) mass is 279 g/mol. The van der Waals surface area contributed by atoms with Gasteiger partial charge in [0.05, 0.1) is 6.26 Å². The summed E-state index contributed by atoms with van der Waals surface area (Å²) in [6.07, 6.45) is 2.00. The first-order chi connectivity index (χ1) is 7.81. The Labute approximate surface area is 110 Å². The minimum Gasteiger partial charge on any atom is -0.354 e. The molecular formula is C11H25N3O3S. The summed E-state index contributed by atoms with van der Waals surface area (Å²) in [6, 6.07) is 0. The van der Waals surface area contributed by atoms with Crippen LogP contribution in [0.2, 0.25) is 0 Å². The molecule has 1 amide bonds. The van der Waals surface area contributed by atoms with E-state index >= 15 is 0 Å². The zero-order chi connectivity index (χ0) is 14.6. The van der Waals surface area contributed by atoms with Gasteiger partial charge < -0.3 is 11.1 Å². The molecule has 0 aromatic heterocycles. The third kappa shape index (κ3) is 10.5. The lowest BCUT2D eigenvalue weighted by Gasteiger charge is -2.25. The predicted octanol–water partition coefficient (Wildman–Crippen LogP) is -0.0521. The number of amides is 1. The van der Waals surface area contributed by atoms with Gasteiger partial charge in [-0.05, 0) is 34.1 Å². The van der Waals surface area contributed by atoms with Crippen LogP contribution in [-0.2, 0) is 14.8 Å². The predicted molar refractivity (Wildman–Crippen MR) is 72.6 cm³/mol. The normalized spacial score (nSPS) is 13.4. The molecule has 0 atom stereocenters. The first kappa shape index (κ1) is 17.3. The van der Waals surface area contributed by atoms with Gasteiger partial charge in [0.15, 0.2) is 0 Å². The van der Waals surface area contributed by atoms with Crippen molar-refractivity contribution in [3.05, 3.63) is 0 Å². The fraction of sp³-hybridized carbons (Fsp3) is 0.909. The van der Waals surface area contributed by atoms with Crippen molar-refractivity contribution in [2.24, 2.45) is 5.73 Å². The highest BCUT2D eigenvalue weighted by Crippen LogP contribution is 2.07. The molecule has 0 aliphatic rings. The number of sulfonamides is 1. The Morgan fingerprint density at radius 3 is 2.11 bits per heavy atom. The van der Waals surface area contributed by atoms with Crippen LogP contribution >= 0.6 is 0 Å². The van der Waals surface area contributed by atoms with Crippen LogP contribution in [0.25, 0.3) is 0 Å². The lowest BCUT2D eigenvalue weighted by Crippen LogP contribution is -2.51. The van der Waals surface area contributed by atoms with E-state index in [0.29, 0.717) is 12.8 Å². The number of hydrogen-bond donors (Lipinski definition) is 3. The molecule has 0 aromatic carbocycles. The average Bonchev–Trinajstić information content (AvgIpc) is 2.06. The van der Waals surface area contributed by atoms with Crippen molar-refractivity contribution in [3.63, 3.8) is 0 Å². The summed E-state index contributed by atoms with van der Waals surface area (Å²) in [6.45, 7) is 7.37. The van der Waals surface area contributed by atoms with Crippen LogP contribution in [0.4, 0.5) is 0 Å². The Balaban J connectivity index is 4.13. The molecule has 0 aliphatic carbocycles. The van der Waals surface area contributed by atoms with E-state index in [-0.39, 0.29) is 18.0 Å². The van der Waals surface area contributed by atoms with Crippen LogP contribution in [-0.4, -0.2) is 38.2 Å². The molecule has 0 fully saturated rings. The molecule has 6 nitrogen and oxygen atoms in total. The van der Waals surface area contributed by atoms with Crippen molar-refractivity contribution in [3.8, 4) is 0 Å². The topological polar surface area (TPSA) is 101 Å². The minimum absolute atomic E-state index is 0.128. The minimum atomic E-state index is -3.29. The van der Waals surface area contributed by atoms with Gasteiger partial charge in [-0.25, -0.2) is 13.1 Å². The molecule has 0 saturated carbocycles. The lowest BCUT2D eigenvalue weighted by atomic mass is 10.00. The molecule has 0 saturated heterocycles. The summed E-state index contributed by atoms with van der Waals surface area (Å²) >= 11 is 0. The van der Waals surface area contributed by atoms with Crippen molar-refractivity contribution < 1.29 is 13.2 Å². The van der Waals surface area contributed by atoms with Crippen LogP contribution < -0.4 is 15.8 Å². The van der Waals surface area contributed by atoms with Gasteiger partial charge in [-0.2, -0.15) is 0 Å². The first-order valence-corrected chi connectivity index (χ1v) is 7.74. The third-order valence-electron chi connectivity index (χ3n) is 2.19. The van der Waals surface area contributed by atoms with Gasteiger partial charge in [-0.15, -0.1) is 0 Å². The maximum absolute atomic E-state index is 11.6. The molecule has 0 radical (unpaired) electrons. The van der Waals surface area contributed by atoms with Crippen molar-refractivity contribution >= 4 is 15.9 Å². The lowest BCUT2D eigenvalue weighted by molar-refractivity contribution is -0.121. The number of carbonyl (C=O) groups excluding carboxylic acids is 1. The van der Waals surface area contributed by atoms with E-state index < -0.39 is 15.6 Å². The van der Waals surface area contributed by atoms with Crippen LogP contribution in [0.1, 0.15) is 40.5 Å². The number of rotatable bonds is 7. The highest BCUT2D eigenvalue weighted by Gasteiger charge is 2.23. The highest BCUT2D eigenvalue weighted by atomic mass is 32.2.